The van der Waals surface area contributed by atoms with Crippen molar-refractivity contribution in [1.82, 2.24) is 9.88 Å². The summed E-state index contributed by atoms with van der Waals surface area (Å²) < 4.78 is 10.8. The SMILES string of the molecule is O=C(c1ccc2c(c1)OCO2)N1CCc2ccccc2C1c1cccnc1. The van der Waals surface area contributed by atoms with E-state index < -0.39 is 0 Å². The molecule has 1 aromatic heterocycles. The molecule has 1 amide bonds. The molecule has 0 aliphatic carbocycles. The second kappa shape index (κ2) is 6.43. The van der Waals surface area contributed by atoms with Crippen molar-refractivity contribution < 1.29 is 14.3 Å². The zero-order chi connectivity index (χ0) is 18.2. The maximum Gasteiger partial charge on any atom is 0.254 e. The molecule has 3 heterocycles. The molecule has 0 spiro atoms. The molecule has 0 bridgehead atoms. The van der Waals surface area contributed by atoms with Crippen LogP contribution < -0.4 is 9.47 Å². The van der Waals surface area contributed by atoms with E-state index in [9.17, 15) is 4.79 Å². The summed E-state index contributed by atoms with van der Waals surface area (Å²) in [6.07, 6.45) is 4.43. The average Bonchev–Trinajstić information content (AvgIpc) is 3.21. The van der Waals surface area contributed by atoms with Crippen LogP contribution in [0.2, 0.25) is 0 Å². The topological polar surface area (TPSA) is 51.7 Å². The first-order valence-corrected chi connectivity index (χ1v) is 8.99. The average molecular weight is 358 g/mol. The van der Waals surface area contributed by atoms with Gasteiger partial charge in [-0.2, -0.15) is 0 Å². The van der Waals surface area contributed by atoms with Crippen LogP contribution in [0.3, 0.4) is 0 Å². The zero-order valence-electron chi connectivity index (χ0n) is 14.7. The van der Waals surface area contributed by atoms with Crippen molar-refractivity contribution in [2.75, 3.05) is 13.3 Å². The highest BCUT2D eigenvalue weighted by atomic mass is 16.7. The quantitative estimate of drug-likeness (QED) is 0.702. The molecule has 3 aromatic rings. The van der Waals surface area contributed by atoms with Crippen molar-refractivity contribution in [3.05, 3.63) is 89.2 Å². The Bertz CT molecular complexity index is 1000. The number of pyridine rings is 1. The van der Waals surface area contributed by atoms with Crippen LogP contribution in [0.1, 0.15) is 33.1 Å². The van der Waals surface area contributed by atoms with E-state index in [-0.39, 0.29) is 18.7 Å². The van der Waals surface area contributed by atoms with Crippen molar-refractivity contribution in [3.8, 4) is 11.5 Å². The number of carbonyl (C=O) groups excluding carboxylic acids is 1. The van der Waals surface area contributed by atoms with Gasteiger partial charge < -0.3 is 14.4 Å². The van der Waals surface area contributed by atoms with Gasteiger partial charge in [0.25, 0.3) is 5.91 Å². The molecule has 0 radical (unpaired) electrons. The Kier molecular flexibility index (Phi) is 3.78. The first-order chi connectivity index (χ1) is 13.3. The predicted molar refractivity (Wildman–Crippen MR) is 99.8 cm³/mol. The van der Waals surface area contributed by atoms with E-state index in [4.69, 9.17) is 9.47 Å². The predicted octanol–water partition coefficient (Wildman–Crippen LogP) is 3.60. The first kappa shape index (κ1) is 15.9. The highest BCUT2D eigenvalue weighted by Gasteiger charge is 2.33. The molecule has 0 fully saturated rings. The van der Waals surface area contributed by atoms with Crippen LogP contribution in [-0.4, -0.2) is 29.1 Å². The van der Waals surface area contributed by atoms with E-state index in [1.165, 1.54) is 5.56 Å². The molecular formula is C22H18N2O3. The Morgan fingerprint density at radius 2 is 1.93 bits per heavy atom. The molecule has 134 valence electrons. The van der Waals surface area contributed by atoms with Gasteiger partial charge in [0.15, 0.2) is 11.5 Å². The third kappa shape index (κ3) is 2.72. The number of fused-ring (bicyclic) bond motifs is 2. The molecule has 2 aromatic carbocycles. The summed E-state index contributed by atoms with van der Waals surface area (Å²) >= 11 is 0. The van der Waals surface area contributed by atoms with Gasteiger partial charge in [0.1, 0.15) is 0 Å². The summed E-state index contributed by atoms with van der Waals surface area (Å²) in [5, 5.41) is 0. The van der Waals surface area contributed by atoms with Gasteiger partial charge in [0.05, 0.1) is 6.04 Å². The Balaban J connectivity index is 1.57. The molecule has 5 nitrogen and oxygen atoms in total. The van der Waals surface area contributed by atoms with Crippen LogP contribution in [0.25, 0.3) is 0 Å². The van der Waals surface area contributed by atoms with E-state index in [2.05, 4.69) is 23.2 Å². The van der Waals surface area contributed by atoms with Gasteiger partial charge in [-0.05, 0) is 47.4 Å². The van der Waals surface area contributed by atoms with Crippen molar-refractivity contribution in [2.24, 2.45) is 0 Å². The third-order valence-electron chi connectivity index (χ3n) is 5.16. The summed E-state index contributed by atoms with van der Waals surface area (Å²) in [4.78, 5) is 19.6. The number of carbonyl (C=O) groups is 1. The number of ether oxygens (including phenoxy) is 2. The van der Waals surface area contributed by atoms with Gasteiger partial charge in [0, 0.05) is 24.5 Å². The van der Waals surface area contributed by atoms with Gasteiger partial charge in [-0.25, -0.2) is 0 Å². The lowest BCUT2D eigenvalue weighted by molar-refractivity contribution is 0.0694. The van der Waals surface area contributed by atoms with Gasteiger partial charge in [-0.1, -0.05) is 30.3 Å². The summed E-state index contributed by atoms with van der Waals surface area (Å²) in [7, 11) is 0. The summed E-state index contributed by atoms with van der Waals surface area (Å²) in [6, 6.07) is 17.5. The van der Waals surface area contributed by atoms with Crippen LogP contribution >= 0.6 is 0 Å². The molecule has 5 heteroatoms. The highest BCUT2D eigenvalue weighted by molar-refractivity contribution is 5.95. The fourth-order valence-corrected chi connectivity index (χ4v) is 3.88. The lowest BCUT2D eigenvalue weighted by Gasteiger charge is -2.37. The second-order valence-corrected chi connectivity index (χ2v) is 6.70. The van der Waals surface area contributed by atoms with Gasteiger partial charge in [0.2, 0.25) is 6.79 Å². The molecule has 27 heavy (non-hydrogen) atoms. The van der Waals surface area contributed by atoms with Crippen LogP contribution in [-0.2, 0) is 6.42 Å². The Labute approximate surface area is 157 Å². The van der Waals surface area contributed by atoms with Crippen molar-refractivity contribution in [1.29, 1.82) is 0 Å². The fraction of sp³-hybridized carbons (Fsp3) is 0.182. The van der Waals surface area contributed by atoms with Gasteiger partial charge in [-0.3, -0.25) is 9.78 Å². The monoisotopic (exact) mass is 358 g/mol. The fourth-order valence-electron chi connectivity index (χ4n) is 3.88. The minimum atomic E-state index is -0.151. The molecule has 2 aliphatic rings. The van der Waals surface area contributed by atoms with Gasteiger partial charge >= 0.3 is 0 Å². The van der Waals surface area contributed by atoms with Crippen LogP contribution in [0.5, 0.6) is 11.5 Å². The molecule has 0 saturated carbocycles. The van der Waals surface area contributed by atoms with E-state index >= 15 is 0 Å². The maximum atomic E-state index is 13.4. The Hall–Kier alpha value is -3.34. The lowest BCUT2D eigenvalue weighted by Crippen LogP contribution is -2.40. The standard InChI is InChI=1S/C22H18N2O3/c25-22(16-7-8-19-20(12-16)27-14-26-19)24-11-9-15-4-1-2-6-18(15)21(24)17-5-3-10-23-13-17/h1-8,10,12-13,21H,9,11,14H2. The third-order valence-corrected chi connectivity index (χ3v) is 5.16. The first-order valence-electron chi connectivity index (χ1n) is 8.99. The Morgan fingerprint density at radius 3 is 2.81 bits per heavy atom. The zero-order valence-corrected chi connectivity index (χ0v) is 14.7. The summed E-state index contributed by atoms with van der Waals surface area (Å²) in [5.74, 6) is 1.28. The van der Waals surface area contributed by atoms with Crippen molar-refractivity contribution >= 4 is 5.91 Å². The highest BCUT2D eigenvalue weighted by Crippen LogP contribution is 2.37. The number of hydrogen-bond donors (Lipinski definition) is 0. The van der Waals surface area contributed by atoms with Crippen molar-refractivity contribution in [3.63, 3.8) is 0 Å². The van der Waals surface area contributed by atoms with Crippen LogP contribution in [0, 0.1) is 0 Å². The number of nitrogens with zero attached hydrogens (tertiary/aromatic N) is 2. The number of aromatic nitrogens is 1. The maximum absolute atomic E-state index is 13.4. The van der Waals surface area contributed by atoms with Gasteiger partial charge in [-0.15, -0.1) is 0 Å². The molecule has 0 saturated heterocycles. The lowest BCUT2D eigenvalue weighted by atomic mass is 9.88. The number of hydrogen-bond acceptors (Lipinski definition) is 4. The minimum absolute atomic E-state index is 0.0170. The van der Waals surface area contributed by atoms with E-state index in [1.54, 1.807) is 24.4 Å². The number of benzene rings is 2. The molecule has 1 unspecified atom stereocenters. The summed E-state index contributed by atoms with van der Waals surface area (Å²) in [5.41, 5.74) is 4.05. The van der Waals surface area contributed by atoms with E-state index in [0.717, 1.165) is 17.5 Å². The van der Waals surface area contributed by atoms with Crippen LogP contribution in [0.15, 0.2) is 67.0 Å². The Morgan fingerprint density at radius 1 is 1.04 bits per heavy atom. The normalized spacial score (nSPS) is 17.5. The number of amides is 1. The second-order valence-electron chi connectivity index (χ2n) is 6.70. The van der Waals surface area contributed by atoms with Crippen molar-refractivity contribution in [2.45, 2.75) is 12.5 Å². The van der Waals surface area contributed by atoms with E-state index in [0.29, 0.717) is 23.6 Å². The molecule has 0 N–H and O–H groups in total. The smallest absolute Gasteiger partial charge is 0.254 e. The molecule has 5 rings (SSSR count). The number of rotatable bonds is 2. The summed E-state index contributed by atoms with van der Waals surface area (Å²) in [6.45, 7) is 0.853. The molecule has 1 atom stereocenters. The molecular weight excluding hydrogens is 340 g/mol. The largest absolute Gasteiger partial charge is 0.454 e. The van der Waals surface area contributed by atoms with E-state index in [1.807, 2.05) is 29.3 Å². The van der Waals surface area contributed by atoms with Crippen LogP contribution in [0.4, 0.5) is 0 Å². The molecule has 2 aliphatic heterocycles. The minimum Gasteiger partial charge on any atom is -0.454 e.